The number of nitro groups is 1. The molecule has 0 saturated carbocycles. The van der Waals surface area contributed by atoms with Gasteiger partial charge in [-0.25, -0.2) is 4.79 Å². The summed E-state index contributed by atoms with van der Waals surface area (Å²) in [7, 11) is 0. The Morgan fingerprint density at radius 3 is 2.81 bits per heavy atom. The molecule has 0 aromatic heterocycles. The Morgan fingerprint density at radius 1 is 1.50 bits per heavy atom. The molecule has 7 heteroatoms. The summed E-state index contributed by atoms with van der Waals surface area (Å²) >= 11 is 5.93. The van der Waals surface area contributed by atoms with Gasteiger partial charge in [0.05, 0.1) is 11.0 Å². The quantitative estimate of drug-likeness (QED) is 0.609. The molecule has 0 radical (unpaired) electrons. The van der Waals surface area contributed by atoms with Crippen molar-refractivity contribution in [1.29, 1.82) is 0 Å². The summed E-state index contributed by atoms with van der Waals surface area (Å²) in [5, 5.41) is 16.2. The maximum Gasteiger partial charge on any atom is 0.315 e. The lowest BCUT2D eigenvalue weighted by molar-refractivity contribution is -0.384. The molecule has 1 aliphatic rings. The van der Waals surface area contributed by atoms with E-state index in [0.29, 0.717) is 17.1 Å². The molecule has 1 saturated heterocycles. The first kappa shape index (κ1) is 10.7. The zero-order chi connectivity index (χ0) is 11.7. The minimum absolute atomic E-state index is 0.0412. The van der Waals surface area contributed by atoms with Crippen molar-refractivity contribution in [3.8, 4) is 0 Å². The van der Waals surface area contributed by atoms with Crippen molar-refractivity contribution in [2.75, 3.05) is 6.54 Å². The number of amides is 2. The Balaban J connectivity index is 2.35. The van der Waals surface area contributed by atoms with E-state index < -0.39 is 4.92 Å². The molecule has 2 amide bonds. The molecule has 2 N–H and O–H groups in total. The molecule has 1 aliphatic heterocycles. The van der Waals surface area contributed by atoms with Crippen LogP contribution in [0, 0.1) is 10.1 Å². The molecule has 6 nitrogen and oxygen atoms in total. The molecule has 0 aliphatic carbocycles. The summed E-state index contributed by atoms with van der Waals surface area (Å²) in [6.45, 7) is 0.375. The number of rotatable bonds is 2. The average molecular weight is 242 g/mol. The fraction of sp³-hybridized carbons (Fsp3) is 0.222. The second-order valence-electron chi connectivity index (χ2n) is 3.37. The third kappa shape index (κ3) is 1.92. The van der Waals surface area contributed by atoms with Gasteiger partial charge in [-0.3, -0.25) is 10.1 Å². The first-order valence-electron chi connectivity index (χ1n) is 4.56. The molecule has 84 valence electrons. The van der Waals surface area contributed by atoms with Crippen LogP contribution in [0.15, 0.2) is 18.2 Å². The third-order valence-electron chi connectivity index (χ3n) is 2.34. The summed E-state index contributed by atoms with van der Waals surface area (Å²) in [6.07, 6.45) is 0. The highest BCUT2D eigenvalue weighted by Crippen LogP contribution is 2.28. The van der Waals surface area contributed by atoms with Crippen molar-refractivity contribution in [2.45, 2.75) is 6.04 Å². The molecule has 1 aromatic carbocycles. The van der Waals surface area contributed by atoms with Crippen LogP contribution in [-0.2, 0) is 0 Å². The van der Waals surface area contributed by atoms with Gasteiger partial charge in [-0.15, -0.1) is 0 Å². The van der Waals surface area contributed by atoms with E-state index in [1.54, 1.807) is 0 Å². The standard InChI is InChI=1S/C9H8ClN3O3/c10-7-2-1-5(13(15)16)3-6(7)8-4-11-9(14)12-8/h1-3,8H,4H2,(H2,11,12,14)/t8-/m0/s1. The zero-order valence-electron chi connectivity index (χ0n) is 8.07. The predicted molar refractivity (Wildman–Crippen MR) is 57.4 cm³/mol. The summed E-state index contributed by atoms with van der Waals surface area (Å²) in [6, 6.07) is 3.54. The number of urea groups is 1. The van der Waals surface area contributed by atoms with Crippen LogP contribution >= 0.6 is 11.6 Å². The van der Waals surface area contributed by atoms with E-state index >= 15 is 0 Å². The van der Waals surface area contributed by atoms with Gasteiger partial charge in [-0.05, 0) is 6.07 Å². The average Bonchev–Trinajstić information content (AvgIpc) is 2.65. The maximum atomic E-state index is 11.0. The fourth-order valence-electron chi connectivity index (χ4n) is 1.55. The van der Waals surface area contributed by atoms with Gasteiger partial charge in [0.1, 0.15) is 0 Å². The molecule has 1 aromatic rings. The number of nitrogens with one attached hydrogen (secondary N) is 2. The summed E-state index contributed by atoms with van der Waals surface area (Å²) in [4.78, 5) is 21.1. The van der Waals surface area contributed by atoms with Crippen LogP contribution in [0.4, 0.5) is 10.5 Å². The molecule has 2 rings (SSSR count). The monoisotopic (exact) mass is 241 g/mol. The number of nitrogens with zero attached hydrogens (tertiary/aromatic N) is 1. The molecule has 1 heterocycles. The van der Waals surface area contributed by atoms with Gasteiger partial charge in [0.2, 0.25) is 0 Å². The topological polar surface area (TPSA) is 84.3 Å². The maximum absolute atomic E-state index is 11.0. The van der Waals surface area contributed by atoms with Gasteiger partial charge in [0.15, 0.2) is 0 Å². The molecule has 1 fully saturated rings. The van der Waals surface area contributed by atoms with Gasteiger partial charge in [0.25, 0.3) is 5.69 Å². The third-order valence-corrected chi connectivity index (χ3v) is 2.68. The van der Waals surface area contributed by atoms with Crippen LogP contribution < -0.4 is 10.6 Å². The predicted octanol–water partition coefficient (Wildman–Crippen LogP) is 1.60. The van der Waals surface area contributed by atoms with Crippen molar-refractivity contribution >= 4 is 23.3 Å². The van der Waals surface area contributed by atoms with Gasteiger partial charge in [0, 0.05) is 29.3 Å². The van der Waals surface area contributed by atoms with Crippen LogP contribution in [0.1, 0.15) is 11.6 Å². The Morgan fingerprint density at radius 2 is 2.25 bits per heavy atom. The lowest BCUT2D eigenvalue weighted by atomic mass is 10.1. The number of carbonyl (C=O) groups is 1. The van der Waals surface area contributed by atoms with Crippen molar-refractivity contribution in [3.63, 3.8) is 0 Å². The minimum atomic E-state index is -0.496. The van der Waals surface area contributed by atoms with Crippen LogP contribution in [0.3, 0.4) is 0 Å². The second kappa shape index (κ2) is 3.97. The van der Waals surface area contributed by atoms with E-state index in [4.69, 9.17) is 11.6 Å². The van der Waals surface area contributed by atoms with E-state index in [1.165, 1.54) is 18.2 Å². The number of carbonyl (C=O) groups excluding carboxylic acids is 1. The number of halogens is 1. The minimum Gasteiger partial charge on any atom is -0.336 e. The first-order valence-corrected chi connectivity index (χ1v) is 4.94. The Hall–Kier alpha value is -1.82. The zero-order valence-corrected chi connectivity index (χ0v) is 8.82. The van der Waals surface area contributed by atoms with Crippen molar-refractivity contribution in [3.05, 3.63) is 38.9 Å². The number of benzene rings is 1. The lowest BCUT2D eigenvalue weighted by Crippen LogP contribution is -2.21. The molecule has 0 spiro atoms. The Bertz CT molecular complexity index is 463. The van der Waals surface area contributed by atoms with E-state index in [0.717, 1.165) is 0 Å². The van der Waals surface area contributed by atoms with Gasteiger partial charge in [-0.2, -0.15) is 0 Å². The lowest BCUT2D eigenvalue weighted by Gasteiger charge is -2.10. The van der Waals surface area contributed by atoms with Crippen LogP contribution in [-0.4, -0.2) is 17.5 Å². The fourth-order valence-corrected chi connectivity index (χ4v) is 1.80. The van der Waals surface area contributed by atoms with Crippen molar-refractivity contribution < 1.29 is 9.72 Å². The molecule has 16 heavy (non-hydrogen) atoms. The van der Waals surface area contributed by atoms with E-state index in [-0.39, 0.29) is 17.8 Å². The van der Waals surface area contributed by atoms with Gasteiger partial charge in [-0.1, -0.05) is 11.6 Å². The van der Waals surface area contributed by atoms with Crippen LogP contribution in [0.5, 0.6) is 0 Å². The smallest absolute Gasteiger partial charge is 0.315 e. The van der Waals surface area contributed by atoms with Crippen molar-refractivity contribution in [2.24, 2.45) is 0 Å². The highest BCUT2D eigenvalue weighted by atomic mass is 35.5. The summed E-state index contributed by atoms with van der Waals surface area (Å²) in [5.41, 5.74) is 0.509. The molecule has 1 atom stereocenters. The van der Waals surface area contributed by atoms with Crippen LogP contribution in [0.25, 0.3) is 0 Å². The van der Waals surface area contributed by atoms with E-state index in [2.05, 4.69) is 10.6 Å². The summed E-state index contributed by atoms with van der Waals surface area (Å²) in [5.74, 6) is 0. The first-order chi connectivity index (χ1) is 7.58. The highest BCUT2D eigenvalue weighted by molar-refractivity contribution is 6.31. The SMILES string of the molecule is O=C1NC[C@@H](c2cc([N+](=O)[O-])ccc2Cl)N1. The normalized spacial score (nSPS) is 19.1. The van der Waals surface area contributed by atoms with E-state index in [9.17, 15) is 14.9 Å². The number of hydrogen-bond donors (Lipinski definition) is 2. The van der Waals surface area contributed by atoms with E-state index in [1.807, 2.05) is 0 Å². The Labute approximate surface area is 95.7 Å². The van der Waals surface area contributed by atoms with Crippen molar-refractivity contribution in [1.82, 2.24) is 10.6 Å². The molecule has 0 unspecified atom stereocenters. The van der Waals surface area contributed by atoms with Crippen LogP contribution in [0.2, 0.25) is 5.02 Å². The number of nitro benzene ring substituents is 1. The molecular weight excluding hydrogens is 234 g/mol. The largest absolute Gasteiger partial charge is 0.336 e. The number of hydrogen-bond acceptors (Lipinski definition) is 3. The second-order valence-corrected chi connectivity index (χ2v) is 3.78. The Kier molecular flexibility index (Phi) is 2.66. The van der Waals surface area contributed by atoms with Gasteiger partial charge >= 0.3 is 6.03 Å². The highest BCUT2D eigenvalue weighted by Gasteiger charge is 2.25. The molecular formula is C9H8ClN3O3. The number of non-ortho nitro benzene ring substituents is 1. The summed E-state index contributed by atoms with van der Waals surface area (Å²) < 4.78 is 0. The molecule has 0 bridgehead atoms. The van der Waals surface area contributed by atoms with Gasteiger partial charge < -0.3 is 10.6 Å².